The van der Waals surface area contributed by atoms with Crippen LogP contribution in [0.4, 0.5) is 0 Å². The van der Waals surface area contributed by atoms with Crippen LogP contribution in [-0.2, 0) is 0 Å². The molecule has 0 spiro atoms. The molecule has 3 aromatic carbocycles. The molecule has 0 aliphatic heterocycles. The lowest BCUT2D eigenvalue weighted by molar-refractivity contribution is 1.11. The standard InChI is InChI=1S/C14H16S.C7H8S.C3H8S.C2H4/c1-8-5-6-12-10(3)11(4)14(15)7-13(12)9(8)2;1-6-2-4-7(8)5-3-6;1-2-3-4;1-2/h5-7,15H,1-4H3;2-5,8H,1H3;4H,2-3H2,1H3;1-2H2. The molecule has 0 unspecified atom stereocenters. The van der Waals surface area contributed by atoms with E-state index in [1.54, 1.807) is 0 Å². The zero-order valence-corrected chi connectivity index (χ0v) is 21.4. The first-order valence-corrected chi connectivity index (χ1v) is 11.3. The molecule has 0 aliphatic rings. The van der Waals surface area contributed by atoms with Crippen molar-refractivity contribution in [3.8, 4) is 0 Å². The molecule has 0 aromatic heterocycles. The van der Waals surface area contributed by atoms with Gasteiger partial charge in [-0.1, -0.05) is 36.8 Å². The number of thiol groups is 3. The molecule has 0 bridgehead atoms. The third kappa shape index (κ3) is 8.94. The van der Waals surface area contributed by atoms with Gasteiger partial charge >= 0.3 is 0 Å². The average molecular weight is 445 g/mol. The van der Waals surface area contributed by atoms with Crippen molar-refractivity contribution in [1.29, 1.82) is 0 Å². The summed E-state index contributed by atoms with van der Waals surface area (Å²) in [6.07, 6.45) is 1.18. The minimum absolute atomic E-state index is 1.01. The summed E-state index contributed by atoms with van der Waals surface area (Å²) in [6, 6.07) is 14.7. The lowest BCUT2D eigenvalue weighted by atomic mass is 9.95. The number of aryl methyl sites for hydroxylation is 4. The van der Waals surface area contributed by atoms with Gasteiger partial charge in [-0.15, -0.1) is 38.4 Å². The van der Waals surface area contributed by atoms with Crippen molar-refractivity contribution in [2.75, 3.05) is 5.75 Å². The van der Waals surface area contributed by atoms with Gasteiger partial charge in [0.1, 0.15) is 0 Å². The first-order valence-electron chi connectivity index (χ1n) is 9.78. The van der Waals surface area contributed by atoms with Gasteiger partial charge in [0.25, 0.3) is 0 Å². The molecule has 0 saturated heterocycles. The zero-order valence-electron chi connectivity index (χ0n) is 18.7. The predicted octanol–water partition coefficient (Wildman–Crippen LogP) is 8.77. The van der Waals surface area contributed by atoms with E-state index in [2.05, 4.69) is 111 Å². The summed E-state index contributed by atoms with van der Waals surface area (Å²) in [5.74, 6) is 1.01. The van der Waals surface area contributed by atoms with Crippen molar-refractivity contribution in [2.45, 2.75) is 57.8 Å². The Morgan fingerprint density at radius 2 is 1.24 bits per heavy atom. The topological polar surface area (TPSA) is 0 Å². The summed E-state index contributed by atoms with van der Waals surface area (Å²) < 4.78 is 0. The molecule has 0 saturated carbocycles. The summed E-state index contributed by atoms with van der Waals surface area (Å²) in [4.78, 5) is 2.12. The Hall–Kier alpha value is -1.29. The van der Waals surface area contributed by atoms with E-state index in [-0.39, 0.29) is 0 Å². The SMILES string of the molecule is C=C.CCCS.Cc1ccc(S)cc1.Cc1ccc2c(C)c(C)c(S)cc2c1C. The second kappa shape index (κ2) is 14.7. The van der Waals surface area contributed by atoms with Crippen LogP contribution in [0.3, 0.4) is 0 Å². The van der Waals surface area contributed by atoms with Crippen LogP contribution in [0.5, 0.6) is 0 Å². The van der Waals surface area contributed by atoms with Crippen molar-refractivity contribution >= 4 is 48.7 Å². The molecular formula is C26H36S3. The zero-order chi connectivity index (χ0) is 22.6. The van der Waals surface area contributed by atoms with Gasteiger partial charge < -0.3 is 0 Å². The van der Waals surface area contributed by atoms with Crippen LogP contribution in [-0.4, -0.2) is 5.75 Å². The monoisotopic (exact) mass is 444 g/mol. The van der Waals surface area contributed by atoms with Crippen molar-refractivity contribution in [2.24, 2.45) is 0 Å². The quantitative estimate of drug-likeness (QED) is 0.242. The Balaban J connectivity index is 0.000000471. The summed E-state index contributed by atoms with van der Waals surface area (Å²) in [7, 11) is 0. The van der Waals surface area contributed by atoms with Gasteiger partial charge in [-0.3, -0.25) is 0 Å². The molecule has 0 radical (unpaired) electrons. The molecule has 158 valence electrons. The van der Waals surface area contributed by atoms with E-state index in [4.69, 9.17) is 0 Å². The van der Waals surface area contributed by atoms with Crippen LogP contribution in [0.1, 0.15) is 41.2 Å². The molecule has 0 aliphatic carbocycles. The Labute approximate surface area is 195 Å². The van der Waals surface area contributed by atoms with Gasteiger partial charge in [0.2, 0.25) is 0 Å². The van der Waals surface area contributed by atoms with E-state index >= 15 is 0 Å². The molecule has 0 fully saturated rings. The van der Waals surface area contributed by atoms with Gasteiger partial charge in [0, 0.05) is 9.79 Å². The Morgan fingerprint density at radius 1 is 0.724 bits per heavy atom. The van der Waals surface area contributed by atoms with E-state index in [0.717, 1.165) is 15.5 Å². The highest BCUT2D eigenvalue weighted by molar-refractivity contribution is 7.80. The second-order valence-corrected chi connectivity index (χ2v) is 8.25. The van der Waals surface area contributed by atoms with Gasteiger partial charge in [-0.05, 0) is 98.0 Å². The number of hydrogen-bond acceptors (Lipinski definition) is 3. The number of benzene rings is 3. The highest BCUT2D eigenvalue weighted by atomic mass is 32.1. The highest BCUT2D eigenvalue weighted by Gasteiger charge is 2.07. The third-order valence-electron chi connectivity index (χ3n) is 4.68. The summed E-state index contributed by atoms with van der Waals surface area (Å²) in [5, 5.41) is 2.69. The maximum absolute atomic E-state index is 4.52. The molecule has 0 amide bonds. The molecule has 0 atom stereocenters. The van der Waals surface area contributed by atoms with E-state index in [1.807, 2.05) is 24.3 Å². The largest absolute Gasteiger partial charge is 0.179 e. The molecule has 3 aromatic rings. The Kier molecular flexibility index (Phi) is 14.0. The van der Waals surface area contributed by atoms with E-state index < -0.39 is 0 Å². The van der Waals surface area contributed by atoms with Crippen LogP contribution < -0.4 is 0 Å². The first kappa shape index (κ1) is 27.7. The van der Waals surface area contributed by atoms with Crippen molar-refractivity contribution in [3.05, 3.63) is 83.4 Å². The highest BCUT2D eigenvalue weighted by Crippen LogP contribution is 2.30. The maximum Gasteiger partial charge on any atom is 0.00783 e. The summed E-state index contributed by atoms with van der Waals surface area (Å²) >= 11 is 12.6. The molecule has 29 heavy (non-hydrogen) atoms. The fourth-order valence-electron chi connectivity index (χ4n) is 2.53. The van der Waals surface area contributed by atoms with Crippen LogP contribution >= 0.6 is 37.9 Å². The minimum atomic E-state index is 1.01. The van der Waals surface area contributed by atoms with Crippen LogP contribution in [0, 0.1) is 34.6 Å². The molecule has 0 heterocycles. The molecule has 0 nitrogen and oxygen atoms in total. The van der Waals surface area contributed by atoms with E-state index in [0.29, 0.717) is 0 Å². The predicted molar refractivity (Wildman–Crippen MR) is 144 cm³/mol. The van der Waals surface area contributed by atoms with Crippen molar-refractivity contribution < 1.29 is 0 Å². The smallest absolute Gasteiger partial charge is 0.00783 e. The number of hydrogen-bond donors (Lipinski definition) is 3. The van der Waals surface area contributed by atoms with Gasteiger partial charge in [0.15, 0.2) is 0 Å². The Bertz CT molecular complexity index is 858. The normalized spacial score (nSPS) is 9.41. The van der Waals surface area contributed by atoms with Crippen LogP contribution in [0.15, 0.2) is 65.4 Å². The van der Waals surface area contributed by atoms with Crippen molar-refractivity contribution in [3.63, 3.8) is 0 Å². The molecular weight excluding hydrogens is 408 g/mol. The average Bonchev–Trinajstić information content (AvgIpc) is 2.74. The first-order chi connectivity index (χ1) is 13.7. The minimum Gasteiger partial charge on any atom is -0.179 e. The van der Waals surface area contributed by atoms with E-state index in [9.17, 15) is 0 Å². The van der Waals surface area contributed by atoms with Gasteiger partial charge in [-0.2, -0.15) is 12.6 Å². The summed E-state index contributed by atoms with van der Waals surface area (Å²) in [5.41, 5.74) is 6.63. The lowest BCUT2D eigenvalue weighted by Crippen LogP contribution is -1.90. The fraction of sp³-hybridized carbons (Fsp3) is 0.308. The molecule has 0 N–H and O–H groups in total. The fourth-order valence-corrected chi connectivity index (χ4v) is 2.98. The maximum atomic E-state index is 4.52. The van der Waals surface area contributed by atoms with Crippen LogP contribution in [0.25, 0.3) is 10.8 Å². The Morgan fingerprint density at radius 3 is 1.69 bits per heavy atom. The number of fused-ring (bicyclic) bond motifs is 1. The van der Waals surface area contributed by atoms with Gasteiger partial charge in [0.05, 0.1) is 0 Å². The lowest BCUT2D eigenvalue weighted by Gasteiger charge is -2.12. The third-order valence-corrected chi connectivity index (χ3v) is 5.88. The molecule has 3 heteroatoms. The van der Waals surface area contributed by atoms with Gasteiger partial charge in [-0.25, -0.2) is 0 Å². The van der Waals surface area contributed by atoms with Crippen LogP contribution in [0.2, 0.25) is 0 Å². The summed E-state index contributed by atoms with van der Waals surface area (Å²) in [6.45, 7) is 18.8. The van der Waals surface area contributed by atoms with E-state index in [1.165, 1.54) is 45.0 Å². The second-order valence-electron chi connectivity index (χ2n) is 6.81. The molecule has 3 rings (SSSR count). The van der Waals surface area contributed by atoms with Crippen molar-refractivity contribution in [1.82, 2.24) is 0 Å². The number of rotatable bonds is 1.